The van der Waals surface area contributed by atoms with Crippen molar-refractivity contribution in [2.75, 3.05) is 18.2 Å². The van der Waals surface area contributed by atoms with E-state index in [2.05, 4.69) is 10.3 Å². The van der Waals surface area contributed by atoms with Gasteiger partial charge < -0.3 is 15.8 Å². The van der Waals surface area contributed by atoms with Gasteiger partial charge in [0.15, 0.2) is 5.82 Å². The first-order valence-electron chi connectivity index (χ1n) is 5.75. The van der Waals surface area contributed by atoms with E-state index < -0.39 is 5.97 Å². The minimum atomic E-state index is -0.458. The van der Waals surface area contributed by atoms with Crippen LogP contribution in [0.1, 0.15) is 15.9 Å². The molecule has 2 rings (SSSR count). The van der Waals surface area contributed by atoms with Gasteiger partial charge in [-0.3, -0.25) is 0 Å². The molecule has 3 N–H and O–H groups in total. The summed E-state index contributed by atoms with van der Waals surface area (Å²) in [6, 6.07) is 10.3. The van der Waals surface area contributed by atoms with E-state index in [4.69, 9.17) is 15.7 Å². The Morgan fingerprint density at radius 3 is 2.85 bits per heavy atom. The van der Waals surface area contributed by atoms with Crippen molar-refractivity contribution in [2.45, 2.75) is 0 Å². The van der Waals surface area contributed by atoms with Gasteiger partial charge in [0.1, 0.15) is 6.07 Å². The van der Waals surface area contributed by atoms with Crippen LogP contribution in [-0.2, 0) is 4.74 Å². The highest BCUT2D eigenvalue weighted by Gasteiger charge is 2.12. The maximum absolute atomic E-state index is 11.7. The number of anilines is 3. The Morgan fingerprint density at radius 2 is 2.20 bits per heavy atom. The lowest BCUT2D eigenvalue weighted by Gasteiger charge is -2.11. The summed E-state index contributed by atoms with van der Waals surface area (Å²) in [6.07, 6.45) is 1.40. The van der Waals surface area contributed by atoms with Crippen LogP contribution in [0, 0.1) is 11.3 Å². The minimum absolute atomic E-state index is 0.323. The third-order valence-electron chi connectivity index (χ3n) is 2.63. The number of hydrogen-bond acceptors (Lipinski definition) is 6. The van der Waals surface area contributed by atoms with E-state index in [1.54, 1.807) is 24.3 Å². The summed E-state index contributed by atoms with van der Waals surface area (Å²) in [5.41, 5.74) is 7.41. The lowest BCUT2D eigenvalue weighted by molar-refractivity contribution is 0.0602. The fraction of sp³-hybridized carbons (Fsp3) is 0.0714. The number of rotatable bonds is 3. The van der Waals surface area contributed by atoms with Crippen LogP contribution >= 0.6 is 0 Å². The molecule has 6 heteroatoms. The van der Waals surface area contributed by atoms with Crippen molar-refractivity contribution in [1.82, 2.24) is 4.98 Å². The van der Waals surface area contributed by atoms with Gasteiger partial charge in [0.05, 0.1) is 29.6 Å². The molecular weight excluding hydrogens is 256 g/mol. The molecule has 0 aliphatic carbocycles. The monoisotopic (exact) mass is 268 g/mol. The Balaban J connectivity index is 2.36. The van der Waals surface area contributed by atoms with Crippen molar-refractivity contribution in [3.8, 4) is 6.07 Å². The second-order valence-corrected chi connectivity index (χ2v) is 3.94. The molecule has 0 saturated heterocycles. The number of nitriles is 1. The van der Waals surface area contributed by atoms with Crippen molar-refractivity contribution < 1.29 is 9.53 Å². The molecule has 1 aromatic heterocycles. The van der Waals surface area contributed by atoms with Crippen LogP contribution in [0.3, 0.4) is 0 Å². The highest BCUT2D eigenvalue weighted by Crippen LogP contribution is 2.24. The van der Waals surface area contributed by atoms with Gasteiger partial charge in [-0.25, -0.2) is 9.78 Å². The summed E-state index contributed by atoms with van der Waals surface area (Å²) in [5, 5.41) is 11.7. The van der Waals surface area contributed by atoms with Gasteiger partial charge in [0.2, 0.25) is 0 Å². The molecule has 20 heavy (non-hydrogen) atoms. The second kappa shape index (κ2) is 5.71. The third-order valence-corrected chi connectivity index (χ3v) is 2.63. The fourth-order valence-corrected chi connectivity index (χ4v) is 1.66. The van der Waals surface area contributed by atoms with Gasteiger partial charge in [0.25, 0.3) is 0 Å². The molecule has 0 atom stereocenters. The number of pyridine rings is 1. The minimum Gasteiger partial charge on any atom is -0.465 e. The van der Waals surface area contributed by atoms with Crippen molar-refractivity contribution in [1.29, 1.82) is 5.26 Å². The standard InChI is InChI=1S/C14H12N4O2/c1-20-14(19)10-4-2-3-5-12(10)18-13-11(16)6-9(7-15)8-17-13/h2-6,8H,16H2,1H3,(H,17,18). The molecule has 0 radical (unpaired) electrons. The molecule has 1 aromatic carbocycles. The van der Waals surface area contributed by atoms with Crippen molar-refractivity contribution in [2.24, 2.45) is 0 Å². The van der Waals surface area contributed by atoms with E-state index in [0.717, 1.165) is 0 Å². The summed E-state index contributed by atoms with van der Waals surface area (Å²) < 4.78 is 4.71. The van der Waals surface area contributed by atoms with E-state index in [0.29, 0.717) is 28.3 Å². The zero-order valence-electron chi connectivity index (χ0n) is 10.8. The van der Waals surface area contributed by atoms with E-state index in [1.807, 2.05) is 6.07 Å². The van der Waals surface area contributed by atoms with Crippen LogP contribution in [0.15, 0.2) is 36.5 Å². The number of hydrogen-bond donors (Lipinski definition) is 2. The van der Waals surface area contributed by atoms with Crippen LogP contribution in [0.25, 0.3) is 0 Å². The van der Waals surface area contributed by atoms with Crippen LogP contribution in [-0.4, -0.2) is 18.1 Å². The number of aromatic nitrogens is 1. The summed E-state index contributed by atoms with van der Waals surface area (Å²) in [6.45, 7) is 0. The Labute approximate surface area is 115 Å². The Hall–Kier alpha value is -3.07. The molecular formula is C14H12N4O2. The number of nitrogen functional groups attached to an aromatic ring is 1. The maximum atomic E-state index is 11.7. The lowest BCUT2D eigenvalue weighted by atomic mass is 10.1. The first kappa shape index (κ1) is 13.4. The number of carbonyl (C=O) groups excluding carboxylic acids is 1. The molecule has 0 fully saturated rings. The Kier molecular flexibility index (Phi) is 3.82. The highest BCUT2D eigenvalue weighted by atomic mass is 16.5. The number of para-hydroxylation sites is 1. The average molecular weight is 268 g/mol. The smallest absolute Gasteiger partial charge is 0.339 e. The van der Waals surface area contributed by atoms with E-state index in [1.165, 1.54) is 19.4 Å². The van der Waals surface area contributed by atoms with Gasteiger partial charge >= 0.3 is 5.97 Å². The lowest BCUT2D eigenvalue weighted by Crippen LogP contribution is -2.07. The van der Waals surface area contributed by atoms with Gasteiger partial charge in [-0.05, 0) is 18.2 Å². The molecule has 6 nitrogen and oxygen atoms in total. The van der Waals surface area contributed by atoms with Crippen LogP contribution in [0.4, 0.5) is 17.2 Å². The summed E-state index contributed by atoms with van der Waals surface area (Å²) in [4.78, 5) is 15.7. The predicted octanol–water partition coefficient (Wildman–Crippen LogP) is 2.07. The number of nitrogens with one attached hydrogen (secondary N) is 1. The first-order valence-corrected chi connectivity index (χ1v) is 5.75. The van der Waals surface area contributed by atoms with Crippen LogP contribution in [0.5, 0.6) is 0 Å². The van der Waals surface area contributed by atoms with Crippen LogP contribution < -0.4 is 11.1 Å². The van der Waals surface area contributed by atoms with Gasteiger partial charge in [-0.1, -0.05) is 12.1 Å². The average Bonchev–Trinajstić information content (AvgIpc) is 2.49. The topological polar surface area (TPSA) is 101 Å². The SMILES string of the molecule is COC(=O)c1ccccc1Nc1ncc(C#N)cc1N. The molecule has 0 spiro atoms. The number of methoxy groups -OCH3 is 1. The van der Waals surface area contributed by atoms with E-state index >= 15 is 0 Å². The van der Waals surface area contributed by atoms with Crippen molar-refractivity contribution in [3.63, 3.8) is 0 Å². The Morgan fingerprint density at radius 1 is 1.45 bits per heavy atom. The molecule has 0 aliphatic heterocycles. The zero-order chi connectivity index (χ0) is 14.5. The largest absolute Gasteiger partial charge is 0.465 e. The van der Waals surface area contributed by atoms with Crippen LogP contribution in [0.2, 0.25) is 0 Å². The third kappa shape index (κ3) is 2.67. The molecule has 1 heterocycles. The molecule has 0 amide bonds. The number of nitrogens with zero attached hydrogens (tertiary/aromatic N) is 2. The highest BCUT2D eigenvalue weighted by molar-refractivity contribution is 5.96. The first-order chi connectivity index (χ1) is 9.65. The van der Waals surface area contributed by atoms with Gasteiger partial charge in [0, 0.05) is 6.20 Å². The summed E-state index contributed by atoms with van der Waals surface area (Å²) in [7, 11) is 1.31. The quantitative estimate of drug-likeness (QED) is 0.826. The molecule has 100 valence electrons. The molecule has 0 aliphatic rings. The molecule has 2 aromatic rings. The van der Waals surface area contributed by atoms with Crippen molar-refractivity contribution in [3.05, 3.63) is 47.7 Å². The zero-order valence-corrected chi connectivity index (χ0v) is 10.8. The molecule has 0 bridgehead atoms. The Bertz CT molecular complexity index is 692. The number of ether oxygens (including phenoxy) is 1. The summed E-state index contributed by atoms with van der Waals surface area (Å²) >= 11 is 0. The van der Waals surface area contributed by atoms with Crippen molar-refractivity contribution >= 4 is 23.2 Å². The fourth-order valence-electron chi connectivity index (χ4n) is 1.66. The predicted molar refractivity (Wildman–Crippen MR) is 74.4 cm³/mol. The number of carbonyl (C=O) groups is 1. The number of benzene rings is 1. The number of esters is 1. The molecule has 0 saturated carbocycles. The second-order valence-electron chi connectivity index (χ2n) is 3.94. The summed E-state index contributed by atoms with van der Waals surface area (Å²) in [5.74, 6) is -0.0827. The van der Waals surface area contributed by atoms with E-state index in [-0.39, 0.29) is 0 Å². The molecule has 0 unspecified atom stereocenters. The van der Waals surface area contributed by atoms with E-state index in [9.17, 15) is 4.79 Å². The van der Waals surface area contributed by atoms with Gasteiger partial charge in [-0.2, -0.15) is 5.26 Å². The van der Waals surface area contributed by atoms with Gasteiger partial charge in [-0.15, -0.1) is 0 Å². The normalized spacial score (nSPS) is 9.60. The number of nitrogens with two attached hydrogens (primary N) is 1. The maximum Gasteiger partial charge on any atom is 0.339 e.